The van der Waals surface area contributed by atoms with E-state index in [4.69, 9.17) is 13.9 Å². The molecule has 2 heterocycles. The summed E-state index contributed by atoms with van der Waals surface area (Å²) in [6, 6.07) is 12.7. The molecule has 0 atom stereocenters. The zero-order chi connectivity index (χ0) is 24.2. The summed E-state index contributed by atoms with van der Waals surface area (Å²) < 4.78 is 15.8. The van der Waals surface area contributed by atoms with Crippen molar-refractivity contribution in [1.29, 1.82) is 5.26 Å². The molecule has 4 aromatic rings. The fourth-order valence-corrected chi connectivity index (χ4v) is 3.93. The average Bonchev–Trinajstić information content (AvgIpc) is 3.33. The molecule has 0 bridgehead atoms. The second-order valence-corrected chi connectivity index (χ2v) is 7.71. The molecule has 0 saturated carbocycles. The van der Waals surface area contributed by atoms with Gasteiger partial charge in [-0.3, -0.25) is 10.1 Å². The van der Waals surface area contributed by atoms with E-state index < -0.39 is 10.5 Å². The summed E-state index contributed by atoms with van der Waals surface area (Å²) in [7, 11) is 3.06. The Balaban J connectivity index is 1.65. The molecule has 0 spiro atoms. The number of nitrogens with zero attached hydrogens (tertiary/aromatic N) is 3. The van der Waals surface area contributed by atoms with Crippen LogP contribution in [0.4, 0.5) is 11.4 Å². The highest BCUT2D eigenvalue weighted by Gasteiger charge is 2.15. The van der Waals surface area contributed by atoms with E-state index in [0.29, 0.717) is 33.3 Å². The van der Waals surface area contributed by atoms with Crippen LogP contribution in [0.3, 0.4) is 0 Å². The molecular weight excluding hydrogens is 460 g/mol. The van der Waals surface area contributed by atoms with Gasteiger partial charge in [-0.25, -0.2) is 9.78 Å². The first kappa shape index (κ1) is 22.5. The Morgan fingerprint density at radius 2 is 2.00 bits per heavy atom. The van der Waals surface area contributed by atoms with Crippen molar-refractivity contribution in [3.63, 3.8) is 0 Å². The van der Waals surface area contributed by atoms with Crippen molar-refractivity contribution in [1.82, 2.24) is 4.98 Å². The van der Waals surface area contributed by atoms with Gasteiger partial charge in [-0.2, -0.15) is 5.26 Å². The maximum absolute atomic E-state index is 12.5. The van der Waals surface area contributed by atoms with Crippen LogP contribution in [0.2, 0.25) is 0 Å². The predicted molar refractivity (Wildman–Crippen MR) is 127 cm³/mol. The number of allylic oxidation sites excluding steroid dienone is 1. The van der Waals surface area contributed by atoms with Gasteiger partial charge in [0.15, 0.2) is 11.5 Å². The van der Waals surface area contributed by atoms with Crippen molar-refractivity contribution in [3.8, 4) is 28.8 Å². The number of benzene rings is 2. The van der Waals surface area contributed by atoms with Crippen LogP contribution >= 0.6 is 11.3 Å². The van der Waals surface area contributed by atoms with Crippen molar-refractivity contribution in [3.05, 3.63) is 79.6 Å². The van der Waals surface area contributed by atoms with Crippen molar-refractivity contribution in [2.45, 2.75) is 0 Å². The molecular formula is C23H16N4O6S. The summed E-state index contributed by atoms with van der Waals surface area (Å²) in [5.41, 5.74) is 0.818. The third kappa shape index (κ3) is 4.43. The quantitative estimate of drug-likeness (QED) is 0.172. The zero-order valence-electron chi connectivity index (χ0n) is 17.9. The summed E-state index contributed by atoms with van der Waals surface area (Å²) in [5, 5.41) is 26.1. The Kier molecular flexibility index (Phi) is 6.24. The number of nitro benzene ring substituents is 1. The summed E-state index contributed by atoms with van der Waals surface area (Å²) in [5.74, 6) is 1.10. The highest BCUT2D eigenvalue weighted by Crippen LogP contribution is 2.31. The first-order valence-corrected chi connectivity index (χ1v) is 10.6. The Morgan fingerprint density at radius 3 is 2.71 bits per heavy atom. The highest BCUT2D eigenvalue weighted by atomic mass is 32.1. The Labute approximate surface area is 196 Å². The van der Waals surface area contributed by atoms with Crippen molar-refractivity contribution in [2.75, 3.05) is 19.5 Å². The summed E-state index contributed by atoms with van der Waals surface area (Å²) >= 11 is 1.17. The molecule has 0 aliphatic carbocycles. The highest BCUT2D eigenvalue weighted by molar-refractivity contribution is 7.11. The first-order valence-electron chi connectivity index (χ1n) is 9.71. The minimum absolute atomic E-state index is 0.123. The van der Waals surface area contributed by atoms with Gasteiger partial charge in [0, 0.05) is 40.9 Å². The minimum atomic E-state index is -0.635. The Bertz CT molecular complexity index is 1530. The van der Waals surface area contributed by atoms with Crippen molar-refractivity contribution < 1.29 is 18.8 Å². The number of rotatable bonds is 7. The average molecular weight is 476 g/mol. The largest absolute Gasteiger partial charge is 0.493 e. The zero-order valence-corrected chi connectivity index (χ0v) is 18.7. The van der Waals surface area contributed by atoms with Crippen LogP contribution in [0.25, 0.3) is 27.8 Å². The molecule has 2 aromatic carbocycles. The lowest BCUT2D eigenvalue weighted by molar-refractivity contribution is -0.384. The fourth-order valence-electron chi connectivity index (χ4n) is 3.15. The normalized spacial score (nSPS) is 11.1. The number of nitriles is 1. The maximum atomic E-state index is 12.5. The number of fused-ring (bicyclic) bond motifs is 1. The summed E-state index contributed by atoms with van der Waals surface area (Å²) in [6.45, 7) is 0. The van der Waals surface area contributed by atoms with Crippen LogP contribution in [-0.2, 0) is 0 Å². The van der Waals surface area contributed by atoms with E-state index in [1.807, 2.05) is 0 Å². The van der Waals surface area contributed by atoms with Gasteiger partial charge in [0.25, 0.3) is 5.69 Å². The van der Waals surface area contributed by atoms with Crippen LogP contribution in [-0.4, -0.2) is 24.1 Å². The number of non-ortho nitro benzene ring substituents is 1. The second kappa shape index (κ2) is 9.43. The summed E-state index contributed by atoms with van der Waals surface area (Å²) in [6.07, 6.45) is 1.50. The molecule has 0 saturated heterocycles. The second-order valence-electron chi connectivity index (χ2n) is 6.85. The molecule has 0 fully saturated rings. The molecule has 0 aliphatic rings. The van der Waals surface area contributed by atoms with Crippen molar-refractivity contribution >= 4 is 39.3 Å². The molecule has 4 rings (SSSR count). The monoisotopic (exact) mass is 476 g/mol. The minimum Gasteiger partial charge on any atom is -0.493 e. The number of nitrogens with one attached hydrogen (secondary N) is 1. The van der Waals surface area contributed by atoms with Crippen molar-refractivity contribution in [2.24, 2.45) is 0 Å². The molecule has 11 heteroatoms. The van der Waals surface area contributed by atoms with E-state index in [-0.39, 0.29) is 22.4 Å². The number of methoxy groups -OCH3 is 2. The van der Waals surface area contributed by atoms with Gasteiger partial charge in [0.2, 0.25) is 0 Å². The van der Waals surface area contributed by atoms with Gasteiger partial charge in [-0.15, -0.1) is 11.3 Å². The number of hydrogen-bond donors (Lipinski definition) is 1. The third-order valence-electron chi connectivity index (χ3n) is 4.82. The van der Waals surface area contributed by atoms with Crippen LogP contribution in [0, 0.1) is 21.4 Å². The van der Waals surface area contributed by atoms with Gasteiger partial charge >= 0.3 is 5.63 Å². The molecule has 0 amide bonds. The van der Waals surface area contributed by atoms with Crippen LogP contribution in [0.5, 0.6) is 11.5 Å². The molecule has 34 heavy (non-hydrogen) atoms. The Morgan fingerprint density at radius 1 is 1.21 bits per heavy atom. The topological polar surface area (TPSA) is 141 Å². The van der Waals surface area contributed by atoms with E-state index in [0.717, 1.165) is 0 Å². The van der Waals surface area contributed by atoms with Crippen LogP contribution in [0.15, 0.2) is 63.3 Å². The van der Waals surface area contributed by atoms with E-state index in [1.54, 1.807) is 23.6 Å². The number of hydrogen-bond acceptors (Lipinski definition) is 10. The lowest BCUT2D eigenvalue weighted by Crippen LogP contribution is -2.03. The van der Waals surface area contributed by atoms with Crippen LogP contribution in [0.1, 0.15) is 5.01 Å². The first-order chi connectivity index (χ1) is 16.4. The molecule has 0 aliphatic heterocycles. The molecule has 10 nitrogen and oxygen atoms in total. The predicted octanol–water partition coefficient (Wildman–Crippen LogP) is 4.82. The van der Waals surface area contributed by atoms with E-state index >= 15 is 0 Å². The fraction of sp³-hybridized carbons (Fsp3) is 0.0870. The SMILES string of the molecule is COc1ccc(N/C=C(\C#N)c2nc(-c3cc4cc([N+](=O)[O-])ccc4oc3=O)cs2)cc1OC. The smallest absolute Gasteiger partial charge is 0.345 e. The number of nitro groups is 1. The van der Waals surface area contributed by atoms with Gasteiger partial charge in [-0.1, -0.05) is 0 Å². The lowest BCUT2D eigenvalue weighted by Gasteiger charge is -2.09. The van der Waals surface area contributed by atoms with E-state index in [1.165, 1.54) is 56.0 Å². The maximum Gasteiger partial charge on any atom is 0.345 e. The van der Waals surface area contributed by atoms with Gasteiger partial charge in [0.05, 0.1) is 30.4 Å². The van der Waals surface area contributed by atoms with E-state index in [9.17, 15) is 20.2 Å². The van der Waals surface area contributed by atoms with Gasteiger partial charge < -0.3 is 19.2 Å². The molecule has 2 aromatic heterocycles. The number of thiazole rings is 1. The number of ether oxygens (including phenoxy) is 2. The number of aromatic nitrogens is 1. The molecule has 1 N–H and O–H groups in total. The third-order valence-corrected chi connectivity index (χ3v) is 5.70. The van der Waals surface area contributed by atoms with Gasteiger partial charge in [-0.05, 0) is 24.3 Å². The van der Waals surface area contributed by atoms with Crippen LogP contribution < -0.4 is 20.4 Å². The molecule has 0 radical (unpaired) electrons. The Hall–Kier alpha value is -4.69. The molecule has 0 unspecified atom stereocenters. The molecule has 170 valence electrons. The van der Waals surface area contributed by atoms with E-state index in [2.05, 4.69) is 16.4 Å². The van der Waals surface area contributed by atoms with Gasteiger partial charge in [0.1, 0.15) is 22.2 Å². The number of anilines is 1. The standard InChI is InChI=1S/C23H16N4O6S/c1-31-20-5-3-15(9-21(20)32-2)25-11-14(10-24)22-26-18(12-34-22)17-8-13-7-16(27(29)30)4-6-19(13)33-23(17)28/h3-9,11-12,25H,1-2H3/b14-11+. The lowest BCUT2D eigenvalue weighted by atomic mass is 10.1. The summed E-state index contributed by atoms with van der Waals surface area (Å²) in [4.78, 5) is 27.4.